The van der Waals surface area contributed by atoms with E-state index in [1.165, 1.54) is 12.1 Å². The third-order valence-electron chi connectivity index (χ3n) is 2.44. The number of benzene rings is 1. The molecule has 0 atom stereocenters. The van der Waals surface area contributed by atoms with Crippen molar-refractivity contribution >= 4 is 10.1 Å². The van der Waals surface area contributed by atoms with Crippen LogP contribution in [0, 0.1) is 23.7 Å². The van der Waals surface area contributed by atoms with Crippen LogP contribution in [0.2, 0.25) is 0 Å². The zero-order valence-corrected chi connectivity index (χ0v) is 12.3. The van der Waals surface area contributed by atoms with E-state index < -0.39 is 15.5 Å². The number of hydrogen-bond donors (Lipinski definition) is 0. The van der Waals surface area contributed by atoms with E-state index >= 15 is 0 Å². The highest BCUT2D eigenvalue weighted by Crippen LogP contribution is 2.29. The van der Waals surface area contributed by atoms with Gasteiger partial charge in [-0.2, -0.15) is 13.7 Å². The molecule has 102 valence electrons. The molecule has 0 N–H and O–H groups in total. The average molecular weight is 279 g/mol. The molecule has 5 heteroatoms. The van der Waals surface area contributed by atoms with E-state index in [9.17, 15) is 8.42 Å². The molecular weight excluding hydrogens is 262 g/mol. The van der Waals surface area contributed by atoms with Crippen LogP contribution < -0.4 is 0 Å². The Labute approximate surface area is 114 Å². The van der Waals surface area contributed by atoms with Gasteiger partial charge in [0.1, 0.15) is 10.7 Å². The molecule has 1 rings (SSSR count). The van der Waals surface area contributed by atoms with Crippen LogP contribution in [0.4, 0.5) is 0 Å². The Morgan fingerprint density at radius 1 is 1.26 bits per heavy atom. The van der Waals surface area contributed by atoms with E-state index in [1.54, 1.807) is 39.0 Å². The van der Waals surface area contributed by atoms with Gasteiger partial charge in [-0.05, 0) is 19.1 Å². The van der Waals surface area contributed by atoms with Gasteiger partial charge in [-0.25, -0.2) is 0 Å². The maximum absolute atomic E-state index is 12.1. The van der Waals surface area contributed by atoms with Crippen LogP contribution in [0.15, 0.2) is 41.0 Å². The summed E-state index contributed by atoms with van der Waals surface area (Å²) in [6, 6.07) is 8.16. The molecule has 0 heterocycles. The minimum absolute atomic E-state index is 0.0752. The second-order valence-corrected chi connectivity index (χ2v) is 6.78. The van der Waals surface area contributed by atoms with Gasteiger partial charge in [0.15, 0.2) is 0 Å². The van der Waals surface area contributed by atoms with Crippen molar-refractivity contribution in [3.8, 4) is 6.07 Å². The van der Waals surface area contributed by atoms with E-state index in [0.29, 0.717) is 0 Å². The van der Waals surface area contributed by atoms with E-state index in [1.807, 2.05) is 6.92 Å². The third kappa shape index (κ3) is 4.11. The summed E-state index contributed by atoms with van der Waals surface area (Å²) in [6.07, 6.45) is 1.12. The van der Waals surface area contributed by atoms with Gasteiger partial charge in [-0.15, -0.1) is 0 Å². The van der Waals surface area contributed by atoms with Gasteiger partial charge in [-0.1, -0.05) is 38.5 Å². The van der Waals surface area contributed by atoms with E-state index in [2.05, 4.69) is 0 Å². The van der Waals surface area contributed by atoms with Crippen LogP contribution in [0.3, 0.4) is 0 Å². The molecule has 0 unspecified atom stereocenters. The third-order valence-corrected chi connectivity index (χ3v) is 3.69. The Bertz CT molecular complexity index is 614. The topological polar surface area (TPSA) is 67.2 Å². The molecular formula is C14H17NO3S. The minimum atomic E-state index is -3.90. The molecule has 0 bridgehead atoms. The number of allylic oxidation sites excluding steroid dienone is 2. The average Bonchev–Trinajstić information content (AvgIpc) is 2.27. The van der Waals surface area contributed by atoms with Crippen molar-refractivity contribution in [3.05, 3.63) is 41.7 Å². The lowest BCUT2D eigenvalue weighted by Gasteiger charge is -2.21. The zero-order chi connectivity index (χ0) is 14.7. The summed E-state index contributed by atoms with van der Waals surface area (Å²) >= 11 is 0. The molecule has 0 aliphatic rings. The van der Waals surface area contributed by atoms with Crippen molar-refractivity contribution < 1.29 is 12.6 Å². The summed E-state index contributed by atoms with van der Waals surface area (Å²) < 4.78 is 29.3. The lowest BCUT2D eigenvalue weighted by atomic mass is 9.94. The molecule has 0 spiro atoms. The van der Waals surface area contributed by atoms with Gasteiger partial charge in [0, 0.05) is 5.41 Å². The standard InChI is InChI=1S/C14H17NO3S/c1-11-5-7-12(8-6-11)19(16,17)18-13(9-10-15)14(2,3)4/h5-9H,1-4H3/b13-9-. The van der Waals surface area contributed by atoms with Crippen molar-refractivity contribution in [2.75, 3.05) is 0 Å². The van der Waals surface area contributed by atoms with Crippen molar-refractivity contribution in [3.63, 3.8) is 0 Å². The number of hydrogen-bond acceptors (Lipinski definition) is 4. The predicted molar refractivity (Wildman–Crippen MR) is 72.6 cm³/mol. The fraction of sp³-hybridized carbons (Fsp3) is 0.357. The summed E-state index contributed by atoms with van der Waals surface area (Å²) in [7, 11) is -3.90. The Morgan fingerprint density at radius 2 is 1.79 bits per heavy atom. The molecule has 0 radical (unpaired) electrons. The van der Waals surface area contributed by atoms with Gasteiger partial charge in [0.25, 0.3) is 0 Å². The zero-order valence-electron chi connectivity index (χ0n) is 11.5. The van der Waals surface area contributed by atoms with E-state index in [-0.39, 0.29) is 10.7 Å². The van der Waals surface area contributed by atoms with Crippen LogP contribution in [-0.4, -0.2) is 8.42 Å². The van der Waals surface area contributed by atoms with E-state index in [0.717, 1.165) is 11.6 Å². The van der Waals surface area contributed by atoms with Crippen molar-refractivity contribution in [2.45, 2.75) is 32.6 Å². The molecule has 1 aromatic carbocycles. The van der Waals surface area contributed by atoms with E-state index in [4.69, 9.17) is 9.44 Å². The lowest BCUT2D eigenvalue weighted by Crippen LogP contribution is -2.17. The van der Waals surface area contributed by atoms with Crippen molar-refractivity contribution in [1.29, 1.82) is 5.26 Å². The monoisotopic (exact) mass is 279 g/mol. The summed E-state index contributed by atoms with van der Waals surface area (Å²) in [4.78, 5) is 0.0752. The summed E-state index contributed by atoms with van der Waals surface area (Å²) in [5.41, 5.74) is 0.399. The van der Waals surface area contributed by atoms with Crippen molar-refractivity contribution in [2.24, 2.45) is 5.41 Å². The maximum atomic E-state index is 12.1. The SMILES string of the molecule is Cc1ccc(S(=O)(=O)O/C(=C\C#N)C(C)(C)C)cc1. The fourth-order valence-electron chi connectivity index (χ4n) is 1.30. The number of nitrogens with zero attached hydrogens (tertiary/aromatic N) is 1. The van der Waals surface area contributed by atoms with Crippen molar-refractivity contribution in [1.82, 2.24) is 0 Å². The molecule has 0 saturated heterocycles. The first-order chi connectivity index (χ1) is 8.66. The molecule has 19 heavy (non-hydrogen) atoms. The molecule has 1 aromatic rings. The molecule has 0 aromatic heterocycles. The molecule has 0 amide bonds. The Kier molecular flexibility index (Phi) is 4.38. The summed E-state index contributed by atoms with van der Waals surface area (Å²) in [5, 5.41) is 8.70. The van der Waals surface area contributed by atoms with Crippen LogP contribution in [0.1, 0.15) is 26.3 Å². The second-order valence-electron chi connectivity index (χ2n) is 5.24. The van der Waals surface area contributed by atoms with Crippen LogP contribution in [0.25, 0.3) is 0 Å². The van der Waals surface area contributed by atoms with Gasteiger partial charge in [0.05, 0.1) is 12.1 Å². The van der Waals surface area contributed by atoms with Gasteiger partial charge in [0.2, 0.25) is 0 Å². The molecule has 0 aliphatic heterocycles. The largest absolute Gasteiger partial charge is 0.382 e. The first-order valence-electron chi connectivity index (χ1n) is 5.78. The number of aryl methyl sites for hydroxylation is 1. The maximum Gasteiger partial charge on any atom is 0.338 e. The molecule has 0 saturated carbocycles. The fourth-order valence-corrected chi connectivity index (χ4v) is 2.40. The Balaban J connectivity index is 3.13. The number of nitriles is 1. The Morgan fingerprint density at radius 3 is 2.21 bits per heavy atom. The van der Waals surface area contributed by atoms with Crippen LogP contribution in [-0.2, 0) is 14.3 Å². The first-order valence-corrected chi connectivity index (χ1v) is 7.19. The highest BCUT2D eigenvalue weighted by Gasteiger charge is 2.26. The minimum Gasteiger partial charge on any atom is -0.382 e. The quantitative estimate of drug-likeness (QED) is 0.484. The molecule has 4 nitrogen and oxygen atoms in total. The van der Waals surface area contributed by atoms with Crippen LogP contribution >= 0.6 is 0 Å². The van der Waals surface area contributed by atoms with Crippen LogP contribution in [0.5, 0.6) is 0 Å². The van der Waals surface area contributed by atoms with Gasteiger partial charge in [-0.3, -0.25) is 0 Å². The normalized spacial score (nSPS) is 12.9. The van der Waals surface area contributed by atoms with Gasteiger partial charge < -0.3 is 4.18 Å². The molecule has 0 aliphatic carbocycles. The molecule has 0 fully saturated rings. The predicted octanol–water partition coefficient (Wildman–Crippen LogP) is 3.15. The highest BCUT2D eigenvalue weighted by molar-refractivity contribution is 7.86. The highest BCUT2D eigenvalue weighted by atomic mass is 32.2. The Hall–Kier alpha value is -1.80. The first kappa shape index (κ1) is 15.3. The van der Waals surface area contributed by atoms with Gasteiger partial charge >= 0.3 is 10.1 Å². The smallest absolute Gasteiger partial charge is 0.338 e. The summed E-state index contributed by atoms with van der Waals surface area (Å²) in [5.74, 6) is 0.121. The lowest BCUT2D eigenvalue weighted by molar-refractivity contribution is 0.296. The summed E-state index contributed by atoms with van der Waals surface area (Å²) in [6.45, 7) is 7.20. The number of rotatable bonds is 3. The second kappa shape index (κ2) is 5.45.